The van der Waals surface area contributed by atoms with E-state index < -0.39 is 18.1 Å². The Morgan fingerprint density at radius 1 is 1.43 bits per heavy atom. The number of carboxylic acids is 1. The Morgan fingerprint density at radius 2 is 2.13 bits per heavy atom. The first kappa shape index (κ1) is 15.4. The Balaban J connectivity index is 2.11. The fraction of sp³-hybridized carbons (Fsp3) is 0.333. The van der Waals surface area contributed by atoms with Crippen LogP contribution < -0.4 is 4.74 Å². The molecule has 0 bridgehead atoms. The van der Waals surface area contributed by atoms with Crippen molar-refractivity contribution in [2.45, 2.75) is 31.5 Å². The zero-order valence-electron chi connectivity index (χ0n) is 12.1. The summed E-state index contributed by atoms with van der Waals surface area (Å²) in [5.74, 6) is -1.78. The number of rotatable bonds is 4. The smallest absolute Gasteiger partial charge is 0.478 e. The quantitative estimate of drug-likeness (QED) is 0.898. The van der Waals surface area contributed by atoms with Gasteiger partial charge in [0.05, 0.1) is 11.3 Å². The number of aromatic nitrogens is 2. The van der Waals surface area contributed by atoms with Crippen molar-refractivity contribution in [1.29, 1.82) is 0 Å². The third-order valence-corrected chi connectivity index (χ3v) is 3.93. The topological polar surface area (TPSA) is 75.2 Å². The molecule has 2 heterocycles. The molecule has 0 unspecified atom stereocenters. The maximum absolute atomic E-state index is 12.5. The highest BCUT2D eigenvalue weighted by Crippen LogP contribution is 2.48. The molecule has 1 aliphatic rings. The summed E-state index contributed by atoms with van der Waals surface area (Å²) in [6.07, 6.45) is -1.83. The molecule has 1 fully saturated rings. The van der Waals surface area contributed by atoms with Crippen LogP contribution in [0, 0.1) is 0 Å². The molecule has 2 N–H and O–H groups in total. The summed E-state index contributed by atoms with van der Waals surface area (Å²) in [6.45, 7) is 1.96. The Kier molecular flexibility index (Phi) is 3.35. The molecule has 1 aliphatic carbocycles. The number of nitrogens with one attached hydrogen (secondary N) is 1. The Hall–Kier alpha value is -2.51. The monoisotopic (exact) mass is 326 g/mol. The molecule has 23 heavy (non-hydrogen) atoms. The second-order valence-electron chi connectivity index (χ2n) is 5.74. The highest BCUT2D eigenvalue weighted by Gasteiger charge is 2.42. The Morgan fingerprint density at radius 3 is 2.70 bits per heavy atom. The zero-order valence-corrected chi connectivity index (χ0v) is 12.1. The standard InChI is InChI=1S/C15H13F3N2O3/c1-14(4-5-14)10-7-8(13(21)22)11(20-10)12-9(3-2-6-19-12)23-15(16,17)18/h2-3,6-7,20H,4-5H2,1H3,(H,21,22). The van der Waals surface area contributed by atoms with E-state index in [1.807, 2.05) is 6.92 Å². The second kappa shape index (κ2) is 5.00. The molecule has 5 nitrogen and oxygen atoms in total. The van der Waals surface area contributed by atoms with Gasteiger partial charge in [0.25, 0.3) is 0 Å². The van der Waals surface area contributed by atoms with E-state index in [0.29, 0.717) is 5.69 Å². The second-order valence-corrected chi connectivity index (χ2v) is 5.74. The summed E-state index contributed by atoms with van der Waals surface area (Å²) in [7, 11) is 0. The Bertz CT molecular complexity index is 764. The number of aromatic amines is 1. The van der Waals surface area contributed by atoms with Crippen LogP contribution in [0.5, 0.6) is 5.75 Å². The van der Waals surface area contributed by atoms with Crippen molar-refractivity contribution < 1.29 is 27.8 Å². The van der Waals surface area contributed by atoms with Crippen molar-refractivity contribution >= 4 is 5.97 Å². The van der Waals surface area contributed by atoms with E-state index >= 15 is 0 Å². The highest BCUT2D eigenvalue weighted by atomic mass is 19.4. The third-order valence-electron chi connectivity index (χ3n) is 3.93. The van der Waals surface area contributed by atoms with Gasteiger partial charge >= 0.3 is 12.3 Å². The molecule has 0 spiro atoms. The summed E-state index contributed by atoms with van der Waals surface area (Å²) >= 11 is 0. The molecule has 0 atom stereocenters. The summed E-state index contributed by atoms with van der Waals surface area (Å²) in [5, 5.41) is 9.34. The Labute approximate surface area is 129 Å². The molecule has 0 aromatic carbocycles. The highest BCUT2D eigenvalue weighted by molar-refractivity contribution is 5.95. The van der Waals surface area contributed by atoms with E-state index in [9.17, 15) is 23.1 Å². The number of hydrogen-bond donors (Lipinski definition) is 2. The lowest BCUT2D eigenvalue weighted by atomic mass is 10.1. The van der Waals surface area contributed by atoms with Gasteiger partial charge in [-0.1, -0.05) is 6.92 Å². The first-order valence-corrected chi connectivity index (χ1v) is 6.87. The summed E-state index contributed by atoms with van der Waals surface area (Å²) < 4.78 is 41.5. The van der Waals surface area contributed by atoms with Gasteiger partial charge in [-0.05, 0) is 31.0 Å². The van der Waals surface area contributed by atoms with Crippen molar-refractivity contribution in [2.75, 3.05) is 0 Å². The van der Waals surface area contributed by atoms with Gasteiger partial charge in [0.1, 0.15) is 5.69 Å². The summed E-state index contributed by atoms with van der Waals surface area (Å²) in [5.41, 5.74) is 0.216. The van der Waals surface area contributed by atoms with Gasteiger partial charge in [-0.15, -0.1) is 13.2 Å². The number of halogens is 3. The van der Waals surface area contributed by atoms with Crippen LogP contribution in [0.4, 0.5) is 13.2 Å². The van der Waals surface area contributed by atoms with E-state index in [1.54, 1.807) is 0 Å². The maximum atomic E-state index is 12.5. The number of nitrogens with zero attached hydrogens (tertiary/aromatic N) is 1. The van der Waals surface area contributed by atoms with E-state index in [1.165, 1.54) is 18.3 Å². The molecule has 0 amide bonds. The third kappa shape index (κ3) is 3.01. The number of carboxylic acid groups (broad SMARTS) is 1. The molecule has 0 radical (unpaired) electrons. The fourth-order valence-corrected chi connectivity index (χ4v) is 2.38. The molecular formula is C15H13F3N2O3. The number of hydrogen-bond acceptors (Lipinski definition) is 3. The van der Waals surface area contributed by atoms with Crippen LogP contribution in [0.15, 0.2) is 24.4 Å². The number of pyridine rings is 1. The van der Waals surface area contributed by atoms with Crippen LogP contribution in [0.1, 0.15) is 35.8 Å². The van der Waals surface area contributed by atoms with E-state index in [-0.39, 0.29) is 22.4 Å². The number of carbonyl (C=O) groups is 1. The molecule has 1 saturated carbocycles. The minimum atomic E-state index is -4.89. The predicted octanol–water partition coefficient (Wildman–Crippen LogP) is 3.73. The largest absolute Gasteiger partial charge is 0.573 e. The van der Waals surface area contributed by atoms with Gasteiger partial charge in [-0.3, -0.25) is 4.98 Å². The van der Waals surface area contributed by atoms with Crippen molar-refractivity contribution in [3.63, 3.8) is 0 Å². The molecule has 122 valence electrons. The van der Waals surface area contributed by atoms with Gasteiger partial charge in [0.15, 0.2) is 5.75 Å². The first-order chi connectivity index (χ1) is 10.7. The average molecular weight is 326 g/mol. The number of aromatic carboxylic acids is 1. The minimum absolute atomic E-state index is 0.0143. The van der Waals surface area contributed by atoms with E-state index in [4.69, 9.17) is 0 Å². The van der Waals surface area contributed by atoms with Crippen molar-refractivity contribution in [3.8, 4) is 17.1 Å². The van der Waals surface area contributed by atoms with Gasteiger partial charge in [0, 0.05) is 17.3 Å². The number of ether oxygens (including phenoxy) is 1. The summed E-state index contributed by atoms with van der Waals surface area (Å²) in [6, 6.07) is 3.84. The van der Waals surface area contributed by atoms with Gasteiger partial charge < -0.3 is 14.8 Å². The van der Waals surface area contributed by atoms with Gasteiger partial charge in [-0.2, -0.15) is 0 Å². The molecule has 2 aromatic heterocycles. The van der Waals surface area contributed by atoms with Gasteiger partial charge in [-0.25, -0.2) is 4.79 Å². The van der Waals surface area contributed by atoms with Crippen LogP contribution in [0.2, 0.25) is 0 Å². The fourth-order valence-electron chi connectivity index (χ4n) is 2.38. The molecule has 3 rings (SSSR count). The van der Waals surface area contributed by atoms with Crippen LogP contribution in [0.25, 0.3) is 11.4 Å². The van der Waals surface area contributed by atoms with Gasteiger partial charge in [0.2, 0.25) is 0 Å². The molecule has 0 aliphatic heterocycles. The zero-order chi connectivity index (χ0) is 16.8. The summed E-state index contributed by atoms with van der Waals surface area (Å²) in [4.78, 5) is 18.2. The number of alkyl halides is 3. The average Bonchev–Trinajstić information content (AvgIpc) is 3.02. The van der Waals surface area contributed by atoms with E-state index in [0.717, 1.165) is 18.9 Å². The van der Waals surface area contributed by atoms with Crippen molar-refractivity contribution in [1.82, 2.24) is 9.97 Å². The molecule has 0 saturated heterocycles. The van der Waals surface area contributed by atoms with Crippen LogP contribution in [0.3, 0.4) is 0 Å². The molecule has 8 heteroatoms. The predicted molar refractivity (Wildman–Crippen MR) is 74.3 cm³/mol. The number of H-pyrrole nitrogens is 1. The van der Waals surface area contributed by atoms with Crippen LogP contribution in [-0.2, 0) is 5.41 Å². The lowest BCUT2D eigenvalue weighted by Gasteiger charge is -2.12. The lowest BCUT2D eigenvalue weighted by Crippen LogP contribution is -2.18. The lowest BCUT2D eigenvalue weighted by molar-refractivity contribution is -0.274. The first-order valence-electron chi connectivity index (χ1n) is 6.87. The van der Waals surface area contributed by atoms with Crippen molar-refractivity contribution in [2.24, 2.45) is 0 Å². The minimum Gasteiger partial charge on any atom is -0.478 e. The van der Waals surface area contributed by atoms with Crippen LogP contribution >= 0.6 is 0 Å². The maximum Gasteiger partial charge on any atom is 0.573 e. The van der Waals surface area contributed by atoms with Crippen molar-refractivity contribution in [3.05, 3.63) is 35.7 Å². The molecular weight excluding hydrogens is 313 g/mol. The molecule has 2 aromatic rings. The SMILES string of the molecule is CC1(c2cc(C(=O)O)c(-c3ncccc3OC(F)(F)F)[nH]2)CC1. The van der Waals surface area contributed by atoms with Crippen LogP contribution in [-0.4, -0.2) is 27.4 Å². The van der Waals surface area contributed by atoms with E-state index in [2.05, 4.69) is 14.7 Å². The normalized spacial score (nSPS) is 16.2.